The highest BCUT2D eigenvalue weighted by molar-refractivity contribution is 5.94. The summed E-state index contributed by atoms with van der Waals surface area (Å²) in [7, 11) is 0. The van der Waals surface area contributed by atoms with Crippen molar-refractivity contribution in [2.24, 2.45) is 0 Å². The van der Waals surface area contributed by atoms with Gasteiger partial charge in [-0.05, 0) is 37.3 Å². The van der Waals surface area contributed by atoms with Crippen LogP contribution in [0, 0.1) is 11.3 Å². The number of alkyl halides is 5. The van der Waals surface area contributed by atoms with Crippen LogP contribution < -0.4 is 5.32 Å². The molecule has 0 aliphatic heterocycles. The summed E-state index contributed by atoms with van der Waals surface area (Å²) >= 11 is 0. The van der Waals surface area contributed by atoms with Gasteiger partial charge in [0.05, 0.1) is 17.2 Å². The van der Waals surface area contributed by atoms with Gasteiger partial charge in [0, 0.05) is 17.3 Å². The second-order valence-electron chi connectivity index (χ2n) is 6.38. The van der Waals surface area contributed by atoms with Gasteiger partial charge in [-0.15, -0.1) is 0 Å². The van der Waals surface area contributed by atoms with E-state index < -0.39 is 41.2 Å². The Bertz CT molecular complexity index is 1130. The molecule has 2 aromatic heterocycles. The molecular formula is C19H13F5N6O. The van der Waals surface area contributed by atoms with E-state index in [9.17, 15) is 26.7 Å². The third-order valence-corrected chi connectivity index (χ3v) is 4.20. The number of aromatic nitrogens is 4. The standard InChI is InChI=1S/C19H13F5N6O/c1-10(17-27-9-28-30(17)15-3-2-11(7-25)8-26-15)29-18(31)13-4-12(16(20)21)5-14(6-13)19(22,23)24/h2-6,8-10,16H,1H3,(H,29,31). The number of hydrogen-bond donors (Lipinski definition) is 1. The Morgan fingerprint density at radius 2 is 1.94 bits per heavy atom. The number of nitrogens with zero attached hydrogens (tertiary/aromatic N) is 5. The molecular weight excluding hydrogens is 423 g/mol. The third kappa shape index (κ3) is 4.82. The van der Waals surface area contributed by atoms with Crippen LogP contribution in [-0.4, -0.2) is 25.7 Å². The van der Waals surface area contributed by atoms with Crippen LogP contribution in [0.25, 0.3) is 5.82 Å². The Morgan fingerprint density at radius 1 is 1.19 bits per heavy atom. The molecule has 1 atom stereocenters. The predicted octanol–water partition coefficient (Wildman–Crippen LogP) is 3.98. The lowest BCUT2D eigenvalue weighted by Crippen LogP contribution is -2.29. The molecule has 31 heavy (non-hydrogen) atoms. The Labute approximate surface area is 172 Å². The molecule has 0 fully saturated rings. The maximum atomic E-state index is 13.0. The van der Waals surface area contributed by atoms with Crippen LogP contribution in [0.1, 0.15) is 52.3 Å². The third-order valence-electron chi connectivity index (χ3n) is 4.20. The summed E-state index contributed by atoms with van der Waals surface area (Å²) in [6.07, 6.45) is -5.60. The maximum Gasteiger partial charge on any atom is 0.416 e. The molecule has 160 valence electrons. The smallest absolute Gasteiger partial charge is 0.342 e. The van der Waals surface area contributed by atoms with E-state index in [1.54, 1.807) is 0 Å². The Balaban J connectivity index is 1.87. The van der Waals surface area contributed by atoms with Gasteiger partial charge in [0.2, 0.25) is 0 Å². The van der Waals surface area contributed by atoms with E-state index in [0.29, 0.717) is 23.8 Å². The Hall–Kier alpha value is -3.88. The van der Waals surface area contributed by atoms with Crippen LogP contribution >= 0.6 is 0 Å². The lowest BCUT2D eigenvalue weighted by Gasteiger charge is -2.16. The first-order valence-electron chi connectivity index (χ1n) is 8.67. The minimum Gasteiger partial charge on any atom is -0.342 e. The highest BCUT2D eigenvalue weighted by Crippen LogP contribution is 2.33. The largest absolute Gasteiger partial charge is 0.416 e. The lowest BCUT2D eigenvalue weighted by atomic mass is 10.0. The quantitative estimate of drug-likeness (QED) is 0.611. The van der Waals surface area contributed by atoms with E-state index in [2.05, 4.69) is 20.4 Å². The average Bonchev–Trinajstić information content (AvgIpc) is 3.22. The number of carbonyl (C=O) groups excluding carboxylic acids is 1. The van der Waals surface area contributed by atoms with E-state index in [0.717, 1.165) is 0 Å². The summed E-state index contributed by atoms with van der Waals surface area (Å²) in [6.45, 7) is 1.49. The molecule has 1 amide bonds. The van der Waals surface area contributed by atoms with Crippen molar-refractivity contribution in [2.45, 2.75) is 25.6 Å². The van der Waals surface area contributed by atoms with Crippen molar-refractivity contribution >= 4 is 5.91 Å². The van der Waals surface area contributed by atoms with E-state index >= 15 is 0 Å². The van der Waals surface area contributed by atoms with Gasteiger partial charge in [0.1, 0.15) is 12.4 Å². The van der Waals surface area contributed by atoms with Crippen molar-refractivity contribution in [2.75, 3.05) is 0 Å². The van der Waals surface area contributed by atoms with Crippen LogP contribution in [0.4, 0.5) is 22.0 Å². The van der Waals surface area contributed by atoms with Crippen molar-refractivity contribution in [3.63, 3.8) is 0 Å². The summed E-state index contributed by atoms with van der Waals surface area (Å²) < 4.78 is 66.4. The van der Waals surface area contributed by atoms with Crippen molar-refractivity contribution in [1.29, 1.82) is 5.26 Å². The van der Waals surface area contributed by atoms with Crippen molar-refractivity contribution < 1.29 is 26.7 Å². The van der Waals surface area contributed by atoms with E-state index in [4.69, 9.17) is 5.26 Å². The van der Waals surface area contributed by atoms with Crippen LogP contribution in [0.15, 0.2) is 42.9 Å². The molecule has 0 radical (unpaired) electrons. The highest BCUT2D eigenvalue weighted by Gasteiger charge is 2.33. The first kappa shape index (κ1) is 21.8. The van der Waals surface area contributed by atoms with Gasteiger partial charge in [-0.1, -0.05) is 0 Å². The summed E-state index contributed by atoms with van der Waals surface area (Å²) in [5.41, 5.74) is -2.53. The molecule has 0 spiro atoms. The number of carbonyl (C=O) groups is 1. The lowest BCUT2D eigenvalue weighted by molar-refractivity contribution is -0.137. The highest BCUT2D eigenvalue weighted by atomic mass is 19.4. The Morgan fingerprint density at radius 3 is 2.52 bits per heavy atom. The number of benzene rings is 1. The van der Waals surface area contributed by atoms with Crippen LogP contribution in [0.5, 0.6) is 0 Å². The van der Waals surface area contributed by atoms with Crippen molar-refractivity contribution in [3.8, 4) is 11.9 Å². The van der Waals surface area contributed by atoms with Crippen LogP contribution in [-0.2, 0) is 6.18 Å². The topological polar surface area (TPSA) is 96.5 Å². The molecule has 0 saturated carbocycles. The minimum absolute atomic E-state index is 0.187. The molecule has 0 aliphatic carbocycles. The zero-order valence-corrected chi connectivity index (χ0v) is 15.7. The SMILES string of the molecule is CC(NC(=O)c1cc(C(F)F)cc(C(F)(F)F)c1)c1ncnn1-c1ccc(C#N)cn1. The molecule has 1 unspecified atom stereocenters. The first-order chi connectivity index (χ1) is 14.6. The summed E-state index contributed by atoms with van der Waals surface area (Å²) in [4.78, 5) is 20.6. The van der Waals surface area contributed by atoms with Crippen LogP contribution in [0.3, 0.4) is 0 Å². The molecule has 1 aromatic carbocycles. The molecule has 0 bridgehead atoms. The Kier molecular flexibility index (Phi) is 5.96. The van der Waals surface area contributed by atoms with E-state index in [1.807, 2.05) is 6.07 Å². The zero-order valence-electron chi connectivity index (χ0n) is 15.7. The van der Waals surface area contributed by atoms with Gasteiger partial charge in [-0.2, -0.15) is 28.2 Å². The predicted molar refractivity (Wildman–Crippen MR) is 96.2 cm³/mol. The van der Waals surface area contributed by atoms with Gasteiger partial charge < -0.3 is 5.32 Å². The normalized spacial score (nSPS) is 12.5. The molecule has 3 rings (SSSR count). The molecule has 0 aliphatic rings. The fourth-order valence-electron chi connectivity index (χ4n) is 2.72. The second-order valence-corrected chi connectivity index (χ2v) is 6.38. The molecule has 12 heteroatoms. The minimum atomic E-state index is -4.90. The van der Waals surface area contributed by atoms with Gasteiger partial charge in [0.25, 0.3) is 12.3 Å². The average molecular weight is 436 g/mol. The van der Waals surface area contributed by atoms with Gasteiger partial charge in [0.15, 0.2) is 11.6 Å². The molecule has 2 heterocycles. The van der Waals surface area contributed by atoms with Gasteiger partial charge >= 0.3 is 6.18 Å². The first-order valence-corrected chi connectivity index (χ1v) is 8.67. The van der Waals surface area contributed by atoms with Gasteiger partial charge in [-0.25, -0.2) is 18.7 Å². The number of halogens is 5. The molecule has 3 aromatic rings. The van der Waals surface area contributed by atoms with Crippen LogP contribution in [0.2, 0.25) is 0 Å². The fourth-order valence-corrected chi connectivity index (χ4v) is 2.72. The maximum absolute atomic E-state index is 13.0. The summed E-state index contributed by atoms with van der Waals surface area (Å²) in [6, 6.07) is 5.54. The monoisotopic (exact) mass is 436 g/mol. The molecule has 0 saturated heterocycles. The number of pyridine rings is 1. The number of hydrogen-bond acceptors (Lipinski definition) is 5. The number of amides is 1. The second kappa shape index (κ2) is 8.47. The number of rotatable bonds is 5. The molecule has 7 nitrogen and oxygen atoms in total. The van der Waals surface area contributed by atoms with Gasteiger partial charge in [-0.3, -0.25) is 4.79 Å². The van der Waals surface area contributed by atoms with E-state index in [1.165, 1.54) is 36.3 Å². The van der Waals surface area contributed by atoms with E-state index in [-0.39, 0.29) is 11.6 Å². The molecule has 1 N–H and O–H groups in total. The number of nitrogens with one attached hydrogen (secondary N) is 1. The zero-order chi connectivity index (χ0) is 22.8. The summed E-state index contributed by atoms with van der Waals surface area (Å²) in [5.74, 6) is -0.527. The fraction of sp³-hybridized carbons (Fsp3) is 0.211. The summed E-state index contributed by atoms with van der Waals surface area (Å²) in [5, 5.41) is 15.3. The van der Waals surface area contributed by atoms with Crippen molar-refractivity contribution in [1.82, 2.24) is 25.1 Å². The number of nitriles is 1. The van der Waals surface area contributed by atoms with Crippen molar-refractivity contribution in [3.05, 3.63) is 70.9 Å².